The Morgan fingerprint density at radius 2 is 2.03 bits per heavy atom. The summed E-state index contributed by atoms with van der Waals surface area (Å²) in [6, 6.07) is 13.0. The fourth-order valence-corrected chi connectivity index (χ4v) is 3.94. The van der Waals surface area contributed by atoms with E-state index in [1.807, 2.05) is 4.90 Å². The van der Waals surface area contributed by atoms with Gasteiger partial charge < -0.3 is 14.7 Å². The Morgan fingerprint density at radius 3 is 2.82 bits per heavy atom. The number of likely N-dealkylation sites (tertiary alicyclic amines) is 1. The predicted molar refractivity (Wildman–Crippen MR) is 121 cm³/mol. The molecule has 8 nitrogen and oxygen atoms in total. The number of hydrogen-bond donors (Lipinski definition) is 1. The summed E-state index contributed by atoms with van der Waals surface area (Å²) in [6.45, 7) is 1.61. The number of anilines is 1. The quantitative estimate of drug-likeness (QED) is 0.618. The molecule has 0 bridgehead atoms. The fourth-order valence-electron chi connectivity index (χ4n) is 3.94. The number of amides is 2. The summed E-state index contributed by atoms with van der Waals surface area (Å²) < 4.78 is 18.9. The Balaban J connectivity index is 1.36. The molecule has 0 aliphatic carbocycles. The molecule has 1 aromatic heterocycles. The SMILES string of the molecule is CN(C)C(=O)c1cccc(NC(=O)CN2CCCC(c3nc(-c4cccc(F)c4)no3)C2)c1. The highest BCUT2D eigenvalue weighted by atomic mass is 19.1. The molecule has 1 saturated heterocycles. The fraction of sp³-hybridized carbons (Fsp3) is 0.333. The van der Waals surface area contributed by atoms with Crippen LogP contribution in [0.25, 0.3) is 11.4 Å². The van der Waals surface area contributed by atoms with Gasteiger partial charge >= 0.3 is 0 Å². The number of piperidine rings is 1. The molecule has 0 spiro atoms. The van der Waals surface area contributed by atoms with Gasteiger partial charge in [-0.3, -0.25) is 14.5 Å². The summed E-state index contributed by atoms with van der Waals surface area (Å²) in [5.41, 5.74) is 1.66. The van der Waals surface area contributed by atoms with Crippen molar-refractivity contribution < 1.29 is 18.5 Å². The van der Waals surface area contributed by atoms with Crippen molar-refractivity contribution >= 4 is 17.5 Å². The molecule has 1 aliphatic rings. The zero-order valence-corrected chi connectivity index (χ0v) is 18.6. The Bertz CT molecular complexity index is 1150. The average molecular weight is 452 g/mol. The number of carbonyl (C=O) groups excluding carboxylic acids is 2. The third-order valence-corrected chi connectivity index (χ3v) is 5.55. The van der Waals surface area contributed by atoms with Crippen LogP contribution in [-0.4, -0.2) is 65.5 Å². The van der Waals surface area contributed by atoms with Crippen LogP contribution in [0.5, 0.6) is 0 Å². The van der Waals surface area contributed by atoms with Crippen LogP contribution in [0, 0.1) is 5.82 Å². The Labute approximate surface area is 191 Å². The van der Waals surface area contributed by atoms with E-state index in [9.17, 15) is 14.0 Å². The largest absolute Gasteiger partial charge is 0.345 e. The smallest absolute Gasteiger partial charge is 0.253 e. The van der Waals surface area contributed by atoms with Gasteiger partial charge in [-0.25, -0.2) is 4.39 Å². The molecule has 1 aliphatic heterocycles. The maximum Gasteiger partial charge on any atom is 0.253 e. The lowest BCUT2D eigenvalue weighted by Gasteiger charge is -2.30. The highest BCUT2D eigenvalue weighted by Crippen LogP contribution is 2.27. The molecule has 1 N–H and O–H groups in total. The summed E-state index contributed by atoms with van der Waals surface area (Å²) in [7, 11) is 3.37. The third kappa shape index (κ3) is 5.61. The minimum atomic E-state index is -0.356. The van der Waals surface area contributed by atoms with E-state index in [-0.39, 0.29) is 30.1 Å². The number of nitrogens with one attached hydrogen (secondary N) is 1. The molecule has 2 heterocycles. The number of hydrogen-bond acceptors (Lipinski definition) is 6. The molecular formula is C24H26FN5O3. The van der Waals surface area contributed by atoms with Crippen molar-refractivity contribution in [3.8, 4) is 11.4 Å². The highest BCUT2D eigenvalue weighted by molar-refractivity contribution is 5.97. The molecule has 3 aromatic rings. The molecule has 2 aromatic carbocycles. The number of nitrogens with zero attached hydrogens (tertiary/aromatic N) is 4. The minimum Gasteiger partial charge on any atom is -0.345 e. The first-order valence-electron chi connectivity index (χ1n) is 10.8. The molecule has 0 radical (unpaired) electrons. The average Bonchev–Trinajstić information content (AvgIpc) is 3.29. The third-order valence-electron chi connectivity index (χ3n) is 5.55. The van der Waals surface area contributed by atoms with Gasteiger partial charge in [0.2, 0.25) is 17.6 Å². The molecule has 33 heavy (non-hydrogen) atoms. The van der Waals surface area contributed by atoms with Crippen molar-refractivity contribution in [2.24, 2.45) is 0 Å². The maximum atomic E-state index is 13.5. The molecule has 9 heteroatoms. The van der Waals surface area contributed by atoms with E-state index in [1.54, 1.807) is 50.5 Å². The monoisotopic (exact) mass is 451 g/mol. The van der Waals surface area contributed by atoms with Crippen molar-refractivity contribution in [3.05, 3.63) is 65.8 Å². The van der Waals surface area contributed by atoms with Gasteiger partial charge in [0.1, 0.15) is 5.82 Å². The van der Waals surface area contributed by atoms with Crippen LogP contribution < -0.4 is 5.32 Å². The van der Waals surface area contributed by atoms with Crippen molar-refractivity contribution in [2.75, 3.05) is 39.0 Å². The summed E-state index contributed by atoms with van der Waals surface area (Å²) in [4.78, 5) is 32.8. The zero-order valence-electron chi connectivity index (χ0n) is 18.6. The first-order valence-corrected chi connectivity index (χ1v) is 10.8. The van der Waals surface area contributed by atoms with Crippen molar-refractivity contribution in [1.82, 2.24) is 19.9 Å². The Kier molecular flexibility index (Phi) is 6.79. The maximum absolute atomic E-state index is 13.5. The van der Waals surface area contributed by atoms with Crippen molar-refractivity contribution in [1.29, 1.82) is 0 Å². The van der Waals surface area contributed by atoms with E-state index in [4.69, 9.17) is 4.52 Å². The summed E-state index contributed by atoms with van der Waals surface area (Å²) in [6.07, 6.45) is 1.76. The van der Waals surface area contributed by atoms with Gasteiger partial charge in [-0.1, -0.05) is 23.4 Å². The molecule has 4 rings (SSSR count). The lowest BCUT2D eigenvalue weighted by molar-refractivity contribution is -0.117. The number of carbonyl (C=O) groups is 2. The van der Waals surface area contributed by atoms with E-state index in [0.29, 0.717) is 35.1 Å². The van der Waals surface area contributed by atoms with E-state index < -0.39 is 0 Å². The van der Waals surface area contributed by atoms with E-state index >= 15 is 0 Å². The van der Waals surface area contributed by atoms with Gasteiger partial charge in [-0.15, -0.1) is 0 Å². The molecule has 1 unspecified atom stereocenters. The van der Waals surface area contributed by atoms with Crippen LogP contribution in [0.2, 0.25) is 0 Å². The van der Waals surface area contributed by atoms with Crippen LogP contribution in [-0.2, 0) is 4.79 Å². The number of aromatic nitrogens is 2. The Hall–Kier alpha value is -3.59. The Morgan fingerprint density at radius 1 is 1.21 bits per heavy atom. The molecule has 1 fully saturated rings. The summed E-state index contributed by atoms with van der Waals surface area (Å²) >= 11 is 0. The lowest BCUT2D eigenvalue weighted by Crippen LogP contribution is -2.39. The summed E-state index contributed by atoms with van der Waals surface area (Å²) in [5, 5.41) is 6.87. The molecule has 2 amide bonds. The topological polar surface area (TPSA) is 91.6 Å². The number of halogens is 1. The standard InChI is InChI=1S/C24H26FN5O3/c1-29(2)24(32)17-7-4-10-20(13-17)26-21(31)15-30-11-5-8-18(14-30)23-27-22(28-33-23)16-6-3-9-19(25)12-16/h3-4,6-7,9-10,12-13,18H,5,8,11,14-15H2,1-2H3,(H,26,31). The van der Waals surface area contributed by atoms with Crippen LogP contribution in [0.1, 0.15) is 35.0 Å². The number of rotatable bonds is 6. The second-order valence-corrected chi connectivity index (χ2v) is 8.37. The van der Waals surface area contributed by atoms with Crippen LogP contribution in [0.15, 0.2) is 53.1 Å². The first kappa shape index (κ1) is 22.6. The first-order chi connectivity index (χ1) is 15.9. The van der Waals surface area contributed by atoms with Gasteiger partial charge in [0, 0.05) is 37.5 Å². The normalized spacial score (nSPS) is 16.4. The van der Waals surface area contributed by atoms with E-state index in [2.05, 4.69) is 15.5 Å². The second-order valence-electron chi connectivity index (χ2n) is 8.37. The van der Waals surface area contributed by atoms with E-state index in [0.717, 1.165) is 19.4 Å². The molecule has 172 valence electrons. The second kappa shape index (κ2) is 9.91. The molecule has 1 atom stereocenters. The zero-order chi connectivity index (χ0) is 23.4. The van der Waals surface area contributed by atoms with Crippen LogP contribution in [0.3, 0.4) is 0 Å². The number of benzene rings is 2. The summed E-state index contributed by atoms with van der Waals surface area (Å²) in [5.74, 6) is 0.215. The highest BCUT2D eigenvalue weighted by Gasteiger charge is 2.27. The van der Waals surface area contributed by atoms with Crippen LogP contribution >= 0.6 is 0 Å². The molecule has 0 saturated carbocycles. The van der Waals surface area contributed by atoms with Gasteiger partial charge in [0.15, 0.2) is 0 Å². The lowest BCUT2D eigenvalue weighted by atomic mass is 9.98. The van der Waals surface area contributed by atoms with Crippen molar-refractivity contribution in [3.63, 3.8) is 0 Å². The van der Waals surface area contributed by atoms with Gasteiger partial charge in [-0.2, -0.15) is 4.98 Å². The van der Waals surface area contributed by atoms with Gasteiger partial charge in [-0.05, 0) is 49.7 Å². The van der Waals surface area contributed by atoms with Gasteiger partial charge in [0.25, 0.3) is 5.91 Å². The molecular weight excluding hydrogens is 425 g/mol. The minimum absolute atomic E-state index is 0.00222. The van der Waals surface area contributed by atoms with Gasteiger partial charge in [0.05, 0.1) is 12.5 Å². The van der Waals surface area contributed by atoms with E-state index in [1.165, 1.54) is 17.0 Å². The predicted octanol–water partition coefficient (Wildman–Crippen LogP) is 3.40. The van der Waals surface area contributed by atoms with Crippen molar-refractivity contribution in [2.45, 2.75) is 18.8 Å². The van der Waals surface area contributed by atoms with Crippen LogP contribution in [0.4, 0.5) is 10.1 Å².